The van der Waals surface area contributed by atoms with Gasteiger partial charge in [-0.2, -0.15) is 0 Å². The van der Waals surface area contributed by atoms with E-state index in [0.717, 1.165) is 27.1 Å². The maximum Gasteiger partial charge on any atom is 0.440 e. The first kappa shape index (κ1) is 25.0. The second-order valence-electron chi connectivity index (χ2n) is 9.42. The summed E-state index contributed by atoms with van der Waals surface area (Å²) in [5.74, 6) is 1.38. The average Bonchev–Trinajstić information content (AvgIpc) is 2.84. The summed E-state index contributed by atoms with van der Waals surface area (Å²) in [4.78, 5) is 35.8. The number of aryl methyl sites for hydroxylation is 1. The molecule has 0 aliphatic carbocycles. The highest BCUT2D eigenvalue weighted by atomic mass is 16.7. The lowest BCUT2D eigenvalue weighted by atomic mass is 10.0. The highest BCUT2D eigenvalue weighted by molar-refractivity contribution is 6.06. The molecule has 8 nitrogen and oxygen atoms in total. The van der Waals surface area contributed by atoms with Gasteiger partial charge >= 0.3 is 6.09 Å². The van der Waals surface area contributed by atoms with E-state index < -0.39 is 6.09 Å². The molecule has 0 bridgehead atoms. The van der Waals surface area contributed by atoms with Crippen molar-refractivity contribution in [1.82, 2.24) is 14.6 Å². The quantitative estimate of drug-likeness (QED) is 0.255. The van der Waals surface area contributed by atoms with Crippen LogP contribution in [0.3, 0.4) is 0 Å². The van der Waals surface area contributed by atoms with Crippen molar-refractivity contribution in [1.29, 1.82) is 0 Å². The minimum Gasteiger partial charge on any atom is -0.497 e. The number of benzene rings is 2. The molecule has 4 rings (SSSR count). The highest BCUT2D eigenvalue weighted by Crippen LogP contribution is 2.29. The number of amides is 1. The second-order valence-corrected chi connectivity index (χ2v) is 9.42. The summed E-state index contributed by atoms with van der Waals surface area (Å²) in [6.07, 6.45) is 1.17. The zero-order valence-electron chi connectivity index (χ0n) is 21.2. The number of ether oxygens (including phenoxy) is 1. The van der Waals surface area contributed by atoms with Gasteiger partial charge in [0.2, 0.25) is 0 Å². The Morgan fingerprint density at radius 1 is 1.06 bits per heavy atom. The Labute approximate surface area is 209 Å². The van der Waals surface area contributed by atoms with Crippen molar-refractivity contribution in [3.8, 4) is 11.5 Å². The zero-order valence-corrected chi connectivity index (χ0v) is 21.2. The minimum atomic E-state index is -1.17. The third kappa shape index (κ3) is 4.98. The van der Waals surface area contributed by atoms with Crippen molar-refractivity contribution < 1.29 is 19.5 Å². The van der Waals surface area contributed by atoms with E-state index >= 15 is 0 Å². The Hall–Kier alpha value is -4.07. The van der Waals surface area contributed by atoms with Crippen LogP contribution in [0.2, 0.25) is 0 Å². The molecule has 1 amide bonds. The van der Waals surface area contributed by atoms with Crippen molar-refractivity contribution >= 4 is 27.8 Å². The van der Waals surface area contributed by atoms with Crippen molar-refractivity contribution in [2.24, 2.45) is 5.92 Å². The Morgan fingerprint density at radius 3 is 2.39 bits per heavy atom. The molecule has 0 aliphatic heterocycles. The summed E-state index contributed by atoms with van der Waals surface area (Å²) in [6, 6.07) is 14.4. The van der Waals surface area contributed by atoms with Crippen LogP contribution in [-0.2, 0) is 6.54 Å². The predicted octanol–water partition coefficient (Wildman–Crippen LogP) is 5.62. The van der Waals surface area contributed by atoms with Crippen LogP contribution in [0.15, 0.2) is 59.5 Å². The molecule has 8 heteroatoms. The predicted molar refractivity (Wildman–Crippen MR) is 140 cm³/mol. The van der Waals surface area contributed by atoms with E-state index in [2.05, 4.69) is 4.98 Å². The van der Waals surface area contributed by atoms with Gasteiger partial charge in [0.1, 0.15) is 5.75 Å². The van der Waals surface area contributed by atoms with Crippen LogP contribution in [0, 0.1) is 12.8 Å². The summed E-state index contributed by atoms with van der Waals surface area (Å²) in [5, 5.41) is 13.0. The van der Waals surface area contributed by atoms with Gasteiger partial charge in [0.05, 0.1) is 36.3 Å². The lowest BCUT2D eigenvalue weighted by Gasteiger charge is -2.27. The van der Waals surface area contributed by atoms with Gasteiger partial charge < -0.3 is 19.2 Å². The lowest BCUT2D eigenvalue weighted by Crippen LogP contribution is -2.41. The molecule has 0 saturated carbocycles. The number of hydroxylamine groups is 2. The summed E-state index contributed by atoms with van der Waals surface area (Å²) >= 11 is 0. The number of fused-ring (bicyclic) bond motifs is 3. The van der Waals surface area contributed by atoms with Gasteiger partial charge in [0.25, 0.3) is 5.56 Å². The van der Waals surface area contributed by atoms with Gasteiger partial charge in [0.15, 0.2) is 5.75 Å². The SMILES string of the molecule is COc1ccc(Cn2c(=O)c3c(C)nccc3c3ccc(ON(C(=O)O)C(C)CC(C)C)cc32)cc1. The minimum absolute atomic E-state index is 0.167. The molecule has 1 unspecified atom stereocenters. The molecule has 1 atom stereocenters. The number of pyridine rings is 2. The number of hydrogen-bond acceptors (Lipinski definition) is 5. The normalized spacial score (nSPS) is 12.2. The Kier molecular flexibility index (Phi) is 7.15. The van der Waals surface area contributed by atoms with Crippen LogP contribution in [-0.4, -0.2) is 39.0 Å². The number of aromatic nitrogens is 2. The van der Waals surface area contributed by atoms with Gasteiger partial charge in [-0.15, -0.1) is 5.06 Å². The maximum absolute atomic E-state index is 13.7. The second kappa shape index (κ2) is 10.3. The molecule has 0 saturated heterocycles. The number of carboxylic acid groups (broad SMARTS) is 1. The van der Waals surface area contributed by atoms with Gasteiger partial charge in [0, 0.05) is 17.6 Å². The van der Waals surface area contributed by atoms with E-state index in [-0.39, 0.29) is 11.6 Å². The Bertz CT molecular complexity index is 1460. The van der Waals surface area contributed by atoms with Crippen LogP contribution >= 0.6 is 0 Å². The highest BCUT2D eigenvalue weighted by Gasteiger charge is 2.23. The first-order valence-corrected chi connectivity index (χ1v) is 11.9. The number of carbonyl (C=O) groups is 1. The molecule has 36 heavy (non-hydrogen) atoms. The first-order valence-electron chi connectivity index (χ1n) is 11.9. The maximum atomic E-state index is 13.7. The van der Waals surface area contributed by atoms with Crippen LogP contribution in [0.1, 0.15) is 38.4 Å². The number of rotatable bonds is 8. The molecule has 0 radical (unpaired) electrons. The van der Waals surface area contributed by atoms with Gasteiger partial charge in [-0.1, -0.05) is 26.0 Å². The molecule has 2 aromatic carbocycles. The van der Waals surface area contributed by atoms with Crippen molar-refractivity contribution in [2.75, 3.05) is 7.11 Å². The van der Waals surface area contributed by atoms with Gasteiger partial charge in [-0.3, -0.25) is 9.78 Å². The van der Waals surface area contributed by atoms with Crippen molar-refractivity contribution in [2.45, 2.75) is 46.7 Å². The fourth-order valence-electron chi connectivity index (χ4n) is 4.60. The van der Waals surface area contributed by atoms with Crippen LogP contribution in [0.25, 0.3) is 21.7 Å². The number of hydrogen-bond donors (Lipinski definition) is 1. The Balaban J connectivity index is 1.86. The van der Waals surface area contributed by atoms with Crippen LogP contribution in [0.4, 0.5) is 4.79 Å². The smallest absolute Gasteiger partial charge is 0.440 e. The Morgan fingerprint density at radius 2 is 1.75 bits per heavy atom. The molecule has 0 aliphatic rings. The molecule has 188 valence electrons. The third-order valence-corrected chi connectivity index (χ3v) is 6.25. The van der Waals surface area contributed by atoms with Crippen LogP contribution < -0.4 is 15.1 Å². The van der Waals surface area contributed by atoms with E-state index in [1.807, 2.05) is 64.1 Å². The molecule has 4 aromatic rings. The molecule has 0 fully saturated rings. The first-order chi connectivity index (χ1) is 17.2. The molecular formula is C28H31N3O5. The van der Waals surface area contributed by atoms with Gasteiger partial charge in [-0.05, 0) is 67.5 Å². The monoisotopic (exact) mass is 489 g/mol. The van der Waals surface area contributed by atoms with E-state index in [1.165, 1.54) is 0 Å². The summed E-state index contributed by atoms with van der Waals surface area (Å²) in [5.41, 5.74) is 2.06. The molecular weight excluding hydrogens is 458 g/mol. The third-order valence-electron chi connectivity index (χ3n) is 6.25. The largest absolute Gasteiger partial charge is 0.497 e. The number of methoxy groups -OCH3 is 1. The topological polar surface area (TPSA) is 93.9 Å². The summed E-state index contributed by atoms with van der Waals surface area (Å²) in [7, 11) is 1.61. The number of nitrogens with zero attached hydrogens (tertiary/aromatic N) is 3. The molecule has 2 heterocycles. The van der Waals surface area contributed by atoms with E-state index in [9.17, 15) is 14.7 Å². The zero-order chi connectivity index (χ0) is 26.0. The standard InChI is InChI=1S/C28H31N3O5/c1-17(2)14-18(3)31(28(33)34)36-22-10-11-23-24-12-13-29-19(4)26(24)27(32)30(25(23)15-22)16-20-6-8-21(35-5)9-7-20/h6-13,15,17-18H,14,16H2,1-5H3,(H,33,34). The average molecular weight is 490 g/mol. The van der Waals surface area contributed by atoms with E-state index in [1.54, 1.807) is 30.0 Å². The van der Waals surface area contributed by atoms with Crippen molar-refractivity contribution in [3.63, 3.8) is 0 Å². The summed E-state index contributed by atoms with van der Waals surface area (Å²) < 4.78 is 6.94. The van der Waals surface area contributed by atoms with Crippen LogP contribution in [0.5, 0.6) is 11.5 Å². The van der Waals surface area contributed by atoms with E-state index in [0.29, 0.717) is 41.2 Å². The summed E-state index contributed by atoms with van der Waals surface area (Å²) in [6.45, 7) is 8.03. The van der Waals surface area contributed by atoms with E-state index in [4.69, 9.17) is 9.57 Å². The van der Waals surface area contributed by atoms with Crippen molar-refractivity contribution in [3.05, 3.63) is 76.3 Å². The van der Waals surface area contributed by atoms with Gasteiger partial charge in [-0.25, -0.2) is 4.79 Å². The molecule has 0 spiro atoms. The fraction of sp³-hybridized carbons (Fsp3) is 0.321. The molecule has 1 N–H and O–H groups in total. The molecule has 2 aromatic heterocycles. The fourth-order valence-corrected chi connectivity index (χ4v) is 4.60. The lowest BCUT2D eigenvalue weighted by molar-refractivity contribution is -0.0681.